The summed E-state index contributed by atoms with van der Waals surface area (Å²) in [6.45, 7) is 3.10. The van der Waals surface area contributed by atoms with Crippen molar-refractivity contribution in [1.82, 2.24) is 4.98 Å². The van der Waals surface area contributed by atoms with E-state index in [2.05, 4.69) is 11.9 Å². The van der Waals surface area contributed by atoms with Crippen LogP contribution in [-0.4, -0.2) is 12.0 Å². The highest BCUT2D eigenvalue weighted by Crippen LogP contribution is 2.18. The molecule has 2 rings (SSSR count). The van der Waals surface area contributed by atoms with E-state index in [9.17, 15) is 4.39 Å². The molecule has 3 nitrogen and oxygen atoms in total. The van der Waals surface area contributed by atoms with Gasteiger partial charge in [-0.1, -0.05) is 31.5 Å². The molecule has 1 heterocycles. The van der Waals surface area contributed by atoms with Gasteiger partial charge < -0.3 is 10.6 Å². The molecule has 0 aliphatic rings. The Labute approximate surface area is 125 Å². The van der Waals surface area contributed by atoms with Crippen molar-refractivity contribution in [2.75, 3.05) is 11.9 Å². The topological polar surface area (TPSA) is 42.1 Å². The van der Waals surface area contributed by atoms with Crippen LogP contribution < -0.4 is 10.6 Å². The number of hydrogen-bond acceptors (Lipinski definition) is 3. The number of pyridine rings is 1. The summed E-state index contributed by atoms with van der Waals surface area (Å²) in [5.41, 5.74) is 8.52. The van der Waals surface area contributed by atoms with E-state index < -0.39 is 0 Å². The van der Waals surface area contributed by atoms with Crippen molar-refractivity contribution in [3.8, 4) is 0 Å². The van der Waals surface area contributed by atoms with Crippen molar-refractivity contribution in [3.05, 3.63) is 59.0 Å². The molecule has 0 spiro atoms. The Morgan fingerprint density at radius 2 is 2.00 bits per heavy atom. The molecule has 4 heteroatoms. The largest absolute Gasteiger partial charge is 0.355 e. The van der Waals surface area contributed by atoms with Gasteiger partial charge in [0, 0.05) is 31.4 Å². The Morgan fingerprint density at radius 3 is 2.67 bits per heavy atom. The molecule has 0 bridgehead atoms. The molecule has 0 aliphatic carbocycles. The normalized spacial score (nSPS) is 10.7. The maximum atomic E-state index is 13.7. The zero-order chi connectivity index (χ0) is 15.2. The molecule has 0 saturated carbocycles. The highest BCUT2D eigenvalue weighted by molar-refractivity contribution is 5.43. The van der Waals surface area contributed by atoms with Gasteiger partial charge in [0.1, 0.15) is 11.6 Å². The fourth-order valence-electron chi connectivity index (χ4n) is 2.29. The third-order valence-corrected chi connectivity index (χ3v) is 3.42. The monoisotopic (exact) mass is 287 g/mol. The second-order valence-electron chi connectivity index (χ2n) is 5.23. The lowest BCUT2D eigenvalue weighted by Gasteiger charge is -2.20. The lowest BCUT2D eigenvalue weighted by molar-refractivity contribution is 0.607. The summed E-state index contributed by atoms with van der Waals surface area (Å²) in [5.74, 6) is 0.651. The first kappa shape index (κ1) is 15.4. The number of rotatable bonds is 6. The molecule has 0 radical (unpaired) electrons. The van der Waals surface area contributed by atoms with Crippen LogP contribution in [0.1, 0.15) is 30.2 Å². The number of nitrogens with two attached hydrogens (primary N) is 1. The summed E-state index contributed by atoms with van der Waals surface area (Å²) in [6, 6.07) is 10.8. The van der Waals surface area contributed by atoms with Gasteiger partial charge in [0.15, 0.2) is 0 Å². The molecule has 0 unspecified atom stereocenters. The van der Waals surface area contributed by atoms with E-state index in [1.54, 1.807) is 12.1 Å². The fourth-order valence-corrected chi connectivity index (χ4v) is 2.29. The van der Waals surface area contributed by atoms with Crippen molar-refractivity contribution >= 4 is 5.82 Å². The standard InChI is InChI=1S/C17H22FN3/c1-3-6-15-9-13(11-19)10-17(20-15)21(2)12-14-7-4-5-8-16(14)18/h4-5,7-10H,3,6,11-12,19H2,1-2H3. The average Bonchev–Trinajstić information content (AvgIpc) is 2.49. The van der Waals surface area contributed by atoms with Gasteiger partial charge in [0.05, 0.1) is 0 Å². The first-order valence-corrected chi connectivity index (χ1v) is 7.28. The summed E-state index contributed by atoms with van der Waals surface area (Å²) in [7, 11) is 1.92. The minimum Gasteiger partial charge on any atom is -0.355 e. The minimum atomic E-state index is -0.187. The molecule has 0 aliphatic heterocycles. The zero-order valence-electron chi connectivity index (χ0n) is 12.6. The highest BCUT2D eigenvalue weighted by Gasteiger charge is 2.09. The maximum absolute atomic E-state index is 13.7. The molecule has 0 atom stereocenters. The van der Waals surface area contributed by atoms with Crippen LogP contribution in [-0.2, 0) is 19.5 Å². The number of benzene rings is 1. The number of aromatic nitrogens is 1. The van der Waals surface area contributed by atoms with Gasteiger partial charge in [-0.2, -0.15) is 0 Å². The van der Waals surface area contributed by atoms with Gasteiger partial charge in [-0.05, 0) is 30.2 Å². The number of aryl methyl sites for hydroxylation is 1. The smallest absolute Gasteiger partial charge is 0.129 e. The van der Waals surface area contributed by atoms with Crippen LogP contribution in [0.15, 0.2) is 36.4 Å². The van der Waals surface area contributed by atoms with Crippen LogP contribution >= 0.6 is 0 Å². The molecule has 1 aromatic heterocycles. The number of halogens is 1. The first-order chi connectivity index (χ1) is 10.1. The van der Waals surface area contributed by atoms with Crippen molar-refractivity contribution in [2.45, 2.75) is 32.9 Å². The molecule has 112 valence electrons. The van der Waals surface area contributed by atoms with Crippen molar-refractivity contribution < 1.29 is 4.39 Å². The quantitative estimate of drug-likeness (QED) is 0.886. The third-order valence-electron chi connectivity index (χ3n) is 3.42. The van der Waals surface area contributed by atoms with E-state index in [-0.39, 0.29) is 5.82 Å². The molecule has 0 fully saturated rings. The predicted octanol–water partition coefficient (Wildman–Crippen LogP) is 3.27. The maximum Gasteiger partial charge on any atom is 0.129 e. The fraction of sp³-hybridized carbons (Fsp3) is 0.353. The Hall–Kier alpha value is -1.94. The first-order valence-electron chi connectivity index (χ1n) is 7.28. The van der Waals surface area contributed by atoms with E-state index in [4.69, 9.17) is 5.73 Å². The van der Waals surface area contributed by atoms with Crippen molar-refractivity contribution in [1.29, 1.82) is 0 Å². The predicted molar refractivity (Wildman–Crippen MR) is 84.6 cm³/mol. The second kappa shape index (κ2) is 7.18. The van der Waals surface area contributed by atoms with E-state index in [1.165, 1.54) is 6.07 Å². The van der Waals surface area contributed by atoms with E-state index >= 15 is 0 Å². The van der Waals surface area contributed by atoms with Gasteiger partial charge in [-0.25, -0.2) is 9.37 Å². The van der Waals surface area contributed by atoms with Gasteiger partial charge in [0.2, 0.25) is 0 Å². The molecule has 0 saturated heterocycles. The molecule has 2 aromatic rings. The van der Waals surface area contributed by atoms with Crippen molar-refractivity contribution in [3.63, 3.8) is 0 Å². The van der Waals surface area contributed by atoms with Crippen LogP contribution in [0.4, 0.5) is 10.2 Å². The number of anilines is 1. The van der Waals surface area contributed by atoms with Gasteiger partial charge in [-0.15, -0.1) is 0 Å². The van der Waals surface area contributed by atoms with Gasteiger partial charge in [0.25, 0.3) is 0 Å². The SMILES string of the molecule is CCCc1cc(CN)cc(N(C)Cc2ccccc2F)n1. The number of nitrogens with zero attached hydrogens (tertiary/aromatic N) is 2. The van der Waals surface area contributed by atoms with Crippen LogP contribution in [0.2, 0.25) is 0 Å². The van der Waals surface area contributed by atoms with Gasteiger partial charge >= 0.3 is 0 Å². The molecular formula is C17H22FN3. The van der Waals surface area contributed by atoms with Crippen LogP contribution in [0.25, 0.3) is 0 Å². The third kappa shape index (κ3) is 4.02. The Kier molecular flexibility index (Phi) is 5.28. The van der Waals surface area contributed by atoms with E-state index in [1.807, 2.05) is 30.1 Å². The summed E-state index contributed by atoms with van der Waals surface area (Å²) in [6.07, 6.45) is 1.96. The lowest BCUT2D eigenvalue weighted by Crippen LogP contribution is -2.19. The molecular weight excluding hydrogens is 265 g/mol. The number of hydrogen-bond donors (Lipinski definition) is 1. The Bertz CT molecular complexity index is 598. The molecule has 2 N–H and O–H groups in total. The Morgan fingerprint density at radius 1 is 1.24 bits per heavy atom. The van der Waals surface area contributed by atoms with Crippen LogP contribution in [0, 0.1) is 5.82 Å². The zero-order valence-corrected chi connectivity index (χ0v) is 12.6. The Balaban J connectivity index is 2.23. The van der Waals surface area contributed by atoms with Crippen molar-refractivity contribution in [2.24, 2.45) is 5.73 Å². The van der Waals surface area contributed by atoms with Gasteiger partial charge in [-0.3, -0.25) is 0 Å². The summed E-state index contributed by atoms with van der Waals surface area (Å²) >= 11 is 0. The van der Waals surface area contributed by atoms with Crippen LogP contribution in [0.3, 0.4) is 0 Å². The van der Waals surface area contributed by atoms with Crippen LogP contribution in [0.5, 0.6) is 0 Å². The minimum absolute atomic E-state index is 0.187. The second-order valence-corrected chi connectivity index (χ2v) is 5.23. The molecule has 21 heavy (non-hydrogen) atoms. The highest BCUT2D eigenvalue weighted by atomic mass is 19.1. The van der Waals surface area contributed by atoms with E-state index in [0.29, 0.717) is 18.7 Å². The lowest BCUT2D eigenvalue weighted by atomic mass is 10.1. The molecule has 0 amide bonds. The summed E-state index contributed by atoms with van der Waals surface area (Å²) in [4.78, 5) is 6.60. The molecule has 1 aromatic carbocycles. The summed E-state index contributed by atoms with van der Waals surface area (Å²) in [5, 5.41) is 0. The average molecular weight is 287 g/mol. The van der Waals surface area contributed by atoms with E-state index in [0.717, 1.165) is 29.9 Å². The summed E-state index contributed by atoms with van der Waals surface area (Å²) < 4.78 is 13.7.